The highest BCUT2D eigenvalue weighted by Gasteiger charge is 2.25. The van der Waals surface area contributed by atoms with Gasteiger partial charge in [0.1, 0.15) is 18.2 Å². The van der Waals surface area contributed by atoms with Gasteiger partial charge in [-0.1, -0.05) is 0 Å². The van der Waals surface area contributed by atoms with E-state index in [0.29, 0.717) is 23.4 Å². The molecule has 1 aliphatic rings. The number of pyridine rings is 1. The van der Waals surface area contributed by atoms with E-state index in [0.717, 1.165) is 0 Å². The van der Waals surface area contributed by atoms with E-state index in [2.05, 4.69) is 0 Å². The molecule has 104 valence electrons. The van der Waals surface area contributed by atoms with Crippen LogP contribution in [-0.4, -0.2) is 17.0 Å². The molecule has 0 radical (unpaired) electrons. The minimum Gasteiger partial charge on any atom is -0.489 e. The Bertz CT molecular complexity index is 807. The van der Waals surface area contributed by atoms with E-state index in [9.17, 15) is 14.0 Å². The van der Waals surface area contributed by atoms with Gasteiger partial charge in [0, 0.05) is 11.8 Å². The van der Waals surface area contributed by atoms with Gasteiger partial charge in [0.05, 0.1) is 22.5 Å². The Morgan fingerprint density at radius 2 is 2.20 bits per heavy atom. The lowest BCUT2D eigenvalue weighted by molar-refractivity contribution is 0.101. The van der Waals surface area contributed by atoms with Crippen molar-refractivity contribution in [1.29, 1.82) is 0 Å². The molecule has 1 aliphatic heterocycles. The van der Waals surface area contributed by atoms with Crippen LogP contribution in [0.1, 0.15) is 35.8 Å². The largest absolute Gasteiger partial charge is 0.489 e. The molecule has 1 aromatic heterocycles. The minimum absolute atomic E-state index is 0.0199. The van der Waals surface area contributed by atoms with Crippen LogP contribution in [0.15, 0.2) is 17.1 Å². The molecule has 0 aliphatic carbocycles. The number of ketones is 1. The first-order chi connectivity index (χ1) is 9.41. The molecule has 1 aromatic carbocycles. The molecule has 4 nitrogen and oxygen atoms in total. The van der Waals surface area contributed by atoms with Crippen LogP contribution in [0.4, 0.5) is 4.39 Å². The number of halogens is 1. The van der Waals surface area contributed by atoms with Crippen LogP contribution in [0.3, 0.4) is 0 Å². The number of ether oxygens (including phenoxy) is 1. The molecule has 0 saturated heterocycles. The molecule has 2 heterocycles. The van der Waals surface area contributed by atoms with Gasteiger partial charge in [0.15, 0.2) is 11.2 Å². The van der Waals surface area contributed by atoms with E-state index < -0.39 is 11.2 Å². The third-order valence-electron chi connectivity index (χ3n) is 3.78. The SMILES string of the molecule is CC(=O)c1cn2c3c(c(C)c(F)cc3c1=O)OC[C@@H]2C. The predicted molar refractivity (Wildman–Crippen MR) is 73.1 cm³/mol. The summed E-state index contributed by atoms with van der Waals surface area (Å²) in [6, 6.07) is 1.18. The first kappa shape index (κ1) is 12.8. The van der Waals surface area contributed by atoms with Gasteiger partial charge in [0.2, 0.25) is 0 Å². The number of carbonyl (C=O) groups excluding carboxylic acids is 1. The Balaban J connectivity index is 2.57. The Morgan fingerprint density at radius 1 is 1.50 bits per heavy atom. The van der Waals surface area contributed by atoms with Gasteiger partial charge in [-0.3, -0.25) is 9.59 Å². The molecule has 0 N–H and O–H groups in total. The zero-order valence-electron chi connectivity index (χ0n) is 11.5. The van der Waals surface area contributed by atoms with Crippen LogP contribution in [0, 0.1) is 12.7 Å². The van der Waals surface area contributed by atoms with Crippen molar-refractivity contribution in [3.63, 3.8) is 0 Å². The topological polar surface area (TPSA) is 48.3 Å². The molecule has 20 heavy (non-hydrogen) atoms. The second-order valence-electron chi connectivity index (χ2n) is 5.20. The molecule has 5 heteroatoms. The van der Waals surface area contributed by atoms with Crippen molar-refractivity contribution in [2.75, 3.05) is 6.61 Å². The second kappa shape index (κ2) is 4.16. The highest BCUT2D eigenvalue weighted by molar-refractivity contribution is 5.98. The van der Waals surface area contributed by atoms with Gasteiger partial charge < -0.3 is 9.30 Å². The summed E-state index contributed by atoms with van der Waals surface area (Å²) in [5.41, 5.74) is 0.591. The number of Topliss-reactive ketones (excluding diaryl/α,β-unsaturated/α-hetero) is 1. The van der Waals surface area contributed by atoms with Crippen molar-refractivity contribution in [2.45, 2.75) is 26.8 Å². The van der Waals surface area contributed by atoms with Crippen molar-refractivity contribution in [2.24, 2.45) is 0 Å². The third-order valence-corrected chi connectivity index (χ3v) is 3.78. The predicted octanol–water partition coefficient (Wildman–Crippen LogP) is 2.61. The van der Waals surface area contributed by atoms with Crippen molar-refractivity contribution < 1.29 is 13.9 Å². The molecule has 3 rings (SSSR count). The van der Waals surface area contributed by atoms with E-state index in [1.54, 1.807) is 13.1 Å². The van der Waals surface area contributed by atoms with Crippen LogP contribution < -0.4 is 10.2 Å². The summed E-state index contributed by atoms with van der Waals surface area (Å²) in [7, 11) is 0. The van der Waals surface area contributed by atoms with Gasteiger partial charge in [0.25, 0.3) is 0 Å². The molecule has 0 spiro atoms. The summed E-state index contributed by atoms with van der Waals surface area (Å²) in [6.45, 7) is 5.27. The zero-order valence-corrected chi connectivity index (χ0v) is 11.5. The number of aromatic nitrogens is 1. The van der Waals surface area contributed by atoms with E-state index in [1.807, 2.05) is 11.5 Å². The maximum atomic E-state index is 13.9. The average molecular weight is 275 g/mol. The summed E-state index contributed by atoms with van der Waals surface area (Å²) in [5, 5.41) is 0.197. The molecule has 0 fully saturated rings. The molecular weight excluding hydrogens is 261 g/mol. The maximum absolute atomic E-state index is 13.9. The third kappa shape index (κ3) is 1.59. The zero-order chi connectivity index (χ0) is 14.6. The normalized spacial score (nSPS) is 17.1. The fraction of sp³-hybridized carbons (Fsp3) is 0.333. The van der Waals surface area contributed by atoms with Crippen LogP contribution in [-0.2, 0) is 0 Å². The molecule has 1 atom stereocenters. The maximum Gasteiger partial charge on any atom is 0.200 e. The molecule has 0 unspecified atom stereocenters. The molecule has 0 saturated carbocycles. The Labute approximate surface area is 114 Å². The first-order valence-corrected chi connectivity index (χ1v) is 6.43. The van der Waals surface area contributed by atoms with Crippen molar-refractivity contribution >= 4 is 16.7 Å². The van der Waals surface area contributed by atoms with Crippen LogP contribution in [0.2, 0.25) is 0 Å². The second-order valence-corrected chi connectivity index (χ2v) is 5.20. The summed E-state index contributed by atoms with van der Waals surface area (Å²) >= 11 is 0. The number of benzene rings is 1. The quantitative estimate of drug-likeness (QED) is 0.752. The summed E-state index contributed by atoms with van der Waals surface area (Å²) < 4.78 is 21.4. The monoisotopic (exact) mass is 275 g/mol. The molecular formula is C15H14FNO3. The number of hydrogen-bond donors (Lipinski definition) is 0. The minimum atomic E-state index is -0.494. The summed E-state index contributed by atoms with van der Waals surface area (Å²) in [5.74, 6) is -0.418. The lowest BCUT2D eigenvalue weighted by Crippen LogP contribution is -2.26. The number of nitrogens with zero attached hydrogens (tertiary/aromatic N) is 1. The summed E-state index contributed by atoms with van der Waals surface area (Å²) in [6.07, 6.45) is 1.56. The Hall–Kier alpha value is -2.17. The number of hydrogen-bond acceptors (Lipinski definition) is 3. The average Bonchev–Trinajstić information content (AvgIpc) is 2.39. The highest BCUT2D eigenvalue weighted by Crippen LogP contribution is 2.35. The number of rotatable bonds is 1. The van der Waals surface area contributed by atoms with Gasteiger partial charge in [-0.25, -0.2) is 4.39 Å². The van der Waals surface area contributed by atoms with Crippen LogP contribution >= 0.6 is 0 Å². The summed E-state index contributed by atoms with van der Waals surface area (Å²) in [4.78, 5) is 23.9. The lowest BCUT2D eigenvalue weighted by Gasteiger charge is -2.28. The highest BCUT2D eigenvalue weighted by atomic mass is 19.1. The fourth-order valence-electron chi connectivity index (χ4n) is 2.61. The van der Waals surface area contributed by atoms with Gasteiger partial charge >= 0.3 is 0 Å². The van der Waals surface area contributed by atoms with E-state index in [-0.39, 0.29) is 22.8 Å². The fourth-order valence-corrected chi connectivity index (χ4v) is 2.61. The van der Waals surface area contributed by atoms with Crippen molar-refractivity contribution in [3.8, 4) is 5.75 Å². The van der Waals surface area contributed by atoms with Gasteiger partial charge in [-0.05, 0) is 26.8 Å². The molecule has 0 bridgehead atoms. The number of carbonyl (C=O) groups is 1. The van der Waals surface area contributed by atoms with Gasteiger partial charge in [-0.15, -0.1) is 0 Å². The van der Waals surface area contributed by atoms with E-state index in [4.69, 9.17) is 4.74 Å². The molecule has 2 aromatic rings. The Kier molecular flexibility index (Phi) is 2.67. The van der Waals surface area contributed by atoms with Crippen molar-refractivity contribution in [1.82, 2.24) is 4.57 Å². The molecule has 0 amide bonds. The van der Waals surface area contributed by atoms with Crippen LogP contribution in [0.25, 0.3) is 10.9 Å². The smallest absolute Gasteiger partial charge is 0.200 e. The van der Waals surface area contributed by atoms with Crippen LogP contribution in [0.5, 0.6) is 5.75 Å². The van der Waals surface area contributed by atoms with E-state index in [1.165, 1.54) is 13.0 Å². The van der Waals surface area contributed by atoms with E-state index >= 15 is 0 Å². The van der Waals surface area contributed by atoms with Crippen molar-refractivity contribution in [3.05, 3.63) is 39.4 Å². The lowest BCUT2D eigenvalue weighted by atomic mass is 10.0. The standard InChI is InChI=1S/C15H14FNO3/c1-7-6-20-15-8(2)12(16)4-10-13(15)17(7)5-11(9(3)18)14(10)19/h4-5,7H,6H2,1-3H3/t7-/m0/s1. The first-order valence-electron chi connectivity index (χ1n) is 6.43. The van der Waals surface area contributed by atoms with Gasteiger partial charge in [-0.2, -0.15) is 0 Å². The Morgan fingerprint density at radius 3 is 2.85 bits per heavy atom.